The molecule has 1 N–H and O–H groups in total. The molecule has 1 atom stereocenters. The third-order valence-corrected chi connectivity index (χ3v) is 5.65. The zero-order valence-corrected chi connectivity index (χ0v) is 18.6. The number of rotatable bonds is 8. The van der Waals surface area contributed by atoms with Gasteiger partial charge in [0.25, 0.3) is 11.8 Å². The Hall–Kier alpha value is -3.07. The van der Waals surface area contributed by atoms with Gasteiger partial charge in [-0.05, 0) is 55.0 Å². The highest BCUT2D eigenvalue weighted by atomic mass is 32.2. The lowest BCUT2D eigenvalue weighted by Gasteiger charge is -2.19. The van der Waals surface area contributed by atoms with Gasteiger partial charge in [0.05, 0.1) is 11.9 Å². The highest BCUT2D eigenvalue weighted by molar-refractivity contribution is 7.92. The van der Waals surface area contributed by atoms with Crippen molar-refractivity contribution in [1.29, 1.82) is 0 Å². The van der Waals surface area contributed by atoms with E-state index in [2.05, 4.69) is 5.32 Å². The van der Waals surface area contributed by atoms with E-state index in [0.29, 0.717) is 29.1 Å². The number of hydrogen-bond donors (Lipinski definition) is 1. The largest absolute Gasteiger partial charge is 0.481 e. The van der Waals surface area contributed by atoms with Gasteiger partial charge in [-0.1, -0.05) is 6.92 Å². The van der Waals surface area contributed by atoms with E-state index in [1.807, 2.05) is 6.92 Å². The Kier molecular flexibility index (Phi) is 7.44. The summed E-state index contributed by atoms with van der Waals surface area (Å²) in [5.41, 5.74) is 1.58. The molecule has 162 valence electrons. The zero-order chi connectivity index (χ0) is 22.5. The van der Waals surface area contributed by atoms with Crippen LogP contribution in [0, 0.1) is 0 Å². The van der Waals surface area contributed by atoms with Crippen LogP contribution < -0.4 is 14.4 Å². The number of hydrogen-bond acceptors (Lipinski definition) is 5. The monoisotopic (exact) mass is 433 g/mol. The molecule has 30 heavy (non-hydrogen) atoms. The second-order valence-corrected chi connectivity index (χ2v) is 9.02. The van der Waals surface area contributed by atoms with Crippen molar-refractivity contribution in [2.24, 2.45) is 0 Å². The molecule has 0 aliphatic carbocycles. The quantitative estimate of drug-likeness (QED) is 0.690. The van der Waals surface area contributed by atoms with Crippen LogP contribution in [0.3, 0.4) is 0 Å². The van der Waals surface area contributed by atoms with Crippen LogP contribution in [-0.4, -0.2) is 58.6 Å². The van der Waals surface area contributed by atoms with Gasteiger partial charge >= 0.3 is 0 Å². The third kappa shape index (κ3) is 5.96. The van der Waals surface area contributed by atoms with Crippen molar-refractivity contribution in [3.63, 3.8) is 0 Å². The summed E-state index contributed by atoms with van der Waals surface area (Å²) in [6.45, 7) is 1.83. The van der Waals surface area contributed by atoms with Crippen molar-refractivity contribution in [1.82, 2.24) is 4.90 Å². The number of benzene rings is 2. The molecule has 0 fully saturated rings. The minimum absolute atomic E-state index is 0.118. The predicted molar refractivity (Wildman–Crippen MR) is 117 cm³/mol. The van der Waals surface area contributed by atoms with Gasteiger partial charge in [0.1, 0.15) is 5.75 Å². The van der Waals surface area contributed by atoms with E-state index in [0.717, 1.165) is 10.6 Å². The van der Waals surface area contributed by atoms with Crippen molar-refractivity contribution in [3.8, 4) is 5.75 Å². The molecule has 0 aromatic heterocycles. The molecule has 2 aromatic rings. The van der Waals surface area contributed by atoms with Crippen LogP contribution in [0.2, 0.25) is 0 Å². The Morgan fingerprint density at radius 2 is 1.57 bits per heavy atom. The minimum Gasteiger partial charge on any atom is -0.481 e. The summed E-state index contributed by atoms with van der Waals surface area (Å²) in [5, 5.41) is 2.78. The number of amides is 2. The van der Waals surface area contributed by atoms with Gasteiger partial charge in [-0.3, -0.25) is 13.9 Å². The maximum Gasteiger partial charge on any atom is 0.265 e. The SMILES string of the molecule is CC[C@H](Oc1ccc(N(C)S(C)(=O)=O)cc1)C(=O)Nc1ccc(C(=O)N(C)C)cc1. The van der Waals surface area contributed by atoms with Crippen LogP contribution in [0.4, 0.5) is 11.4 Å². The van der Waals surface area contributed by atoms with Gasteiger partial charge in [0.2, 0.25) is 10.0 Å². The summed E-state index contributed by atoms with van der Waals surface area (Å²) in [7, 11) is 1.46. The molecule has 0 spiro atoms. The number of nitrogens with one attached hydrogen (secondary N) is 1. The second kappa shape index (κ2) is 9.62. The summed E-state index contributed by atoms with van der Waals surface area (Å²) < 4.78 is 30.2. The van der Waals surface area contributed by atoms with E-state index >= 15 is 0 Å². The third-order valence-electron chi connectivity index (χ3n) is 4.44. The molecule has 2 rings (SSSR count). The first-order valence-corrected chi connectivity index (χ1v) is 11.2. The Bertz CT molecular complexity index is 986. The molecule has 8 nitrogen and oxygen atoms in total. The summed E-state index contributed by atoms with van der Waals surface area (Å²) in [5.74, 6) is 0.0173. The van der Waals surface area contributed by atoms with Crippen molar-refractivity contribution < 1.29 is 22.7 Å². The average Bonchev–Trinajstić information content (AvgIpc) is 2.71. The molecule has 0 heterocycles. The predicted octanol–water partition coefficient (Wildman–Crippen LogP) is 2.58. The first-order valence-electron chi connectivity index (χ1n) is 9.36. The van der Waals surface area contributed by atoms with E-state index in [-0.39, 0.29) is 11.8 Å². The molecule has 2 amide bonds. The van der Waals surface area contributed by atoms with Crippen molar-refractivity contribution >= 4 is 33.2 Å². The summed E-state index contributed by atoms with van der Waals surface area (Å²) in [4.78, 5) is 26.0. The molecule has 0 saturated carbocycles. The normalized spacial score (nSPS) is 12.0. The zero-order valence-electron chi connectivity index (χ0n) is 17.7. The first-order chi connectivity index (χ1) is 14.0. The van der Waals surface area contributed by atoms with Crippen molar-refractivity contribution in [3.05, 3.63) is 54.1 Å². The number of sulfonamides is 1. The van der Waals surface area contributed by atoms with Crippen LogP contribution in [0.25, 0.3) is 0 Å². The van der Waals surface area contributed by atoms with E-state index in [4.69, 9.17) is 4.74 Å². The van der Waals surface area contributed by atoms with Crippen LogP contribution in [0.5, 0.6) is 5.75 Å². The number of anilines is 2. The standard InChI is InChI=1S/C21H27N3O5S/c1-6-19(29-18-13-11-17(12-14-18)24(4)30(5,27)28)20(25)22-16-9-7-15(8-10-16)21(26)23(2)3/h7-14,19H,6H2,1-5H3,(H,22,25)/t19-/m0/s1. The second-order valence-electron chi connectivity index (χ2n) is 7.01. The Morgan fingerprint density at radius 1 is 1.00 bits per heavy atom. The van der Waals surface area contributed by atoms with Gasteiger partial charge in [0, 0.05) is 32.4 Å². The fourth-order valence-electron chi connectivity index (χ4n) is 2.59. The molecule has 9 heteroatoms. The minimum atomic E-state index is -3.35. The molecule has 0 saturated heterocycles. The van der Waals surface area contributed by atoms with Gasteiger partial charge in [-0.25, -0.2) is 8.42 Å². The highest BCUT2D eigenvalue weighted by Gasteiger charge is 2.19. The molecule has 2 aromatic carbocycles. The maximum absolute atomic E-state index is 12.6. The van der Waals surface area contributed by atoms with Crippen LogP contribution in [0.15, 0.2) is 48.5 Å². The highest BCUT2D eigenvalue weighted by Crippen LogP contribution is 2.22. The maximum atomic E-state index is 12.6. The van der Waals surface area contributed by atoms with Gasteiger partial charge in [0.15, 0.2) is 6.10 Å². The number of carbonyl (C=O) groups excluding carboxylic acids is 2. The lowest BCUT2D eigenvalue weighted by molar-refractivity contribution is -0.122. The van der Waals surface area contributed by atoms with Gasteiger partial charge < -0.3 is 15.0 Å². The average molecular weight is 434 g/mol. The van der Waals surface area contributed by atoms with Gasteiger partial charge in [-0.2, -0.15) is 0 Å². The van der Waals surface area contributed by atoms with Crippen LogP contribution in [0.1, 0.15) is 23.7 Å². The van der Waals surface area contributed by atoms with Gasteiger partial charge in [-0.15, -0.1) is 0 Å². The first kappa shape index (κ1) is 23.2. The molecular weight excluding hydrogens is 406 g/mol. The summed E-state index contributed by atoms with van der Waals surface area (Å²) in [6.07, 6.45) is 0.831. The smallest absolute Gasteiger partial charge is 0.265 e. The lowest BCUT2D eigenvalue weighted by Crippen LogP contribution is -2.32. The molecule has 0 aliphatic heterocycles. The van der Waals surface area contributed by atoms with Crippen molar-refractivity contribution in [2.75, 3.05) is 37.0 Å². The van der Waals surface area contributed by atoms with Crippen LogP contribution in [-0.2, 0) is 14.8 Å². The summed E-state index contributed by atoms with van der Waals surface area (Å²) in [6, 6.07) is 13.1. The van der Waals surface area contributed by atoms with E-state index < -0.39 is 16.1 Å². The van der Waals surface area contributed by atoms with E-state index in [1.165, 1.54) is 11.9 Å². The fraction of sp³-hybridized carbons (Fsp3) is 0.333. The Labute approximate surface area is 177 Å². The van der Waals surface area contributed by atoms with Crippen LogP contribution >= 0.6 is 0 Å². The topological polar surface area (TPSA) is 96.0 Å². The lowest BCUT2D eigenvalue weighted by atomic mass is 10.1. The molecule has 0 bridgehead atoms. The fourth-order valence-corrected chi connectivity index (χ4v) is 3.09. The number of carbonyl (C=O) groups is 2. The number of nitrogens with zero attached hydrogens (tertiary/aromatic N) is 2. The molecule has 0 aliphatic rings. The molecular formula is C21H27N3O5S. The van der Waals surface area contributed by atoms with E-state index in [9.17, 15) is 18.0 Å². The Balaban J connectivity index is 2.04. The van der Waals surface area contributed by atoms with E-state index in [1.54, 1.807) is 62.6 Å². The Morgan fingerprint density at radius 3 is 2.03 bits per heavy atom. The van der Waals surface area contributed by atoms with Crippen molar-refractivity contribution in [2.45, 2.75) is 19.4 Å². The molecule has 0 unspecified atom stereocenters. The number of ether oxygens (including phenoxy) is 1. The summed E-state index contributed by atoms with van der Waals surface area (Å²) >= 11 is 0. The molecule has 0 radical (unpaired) electrons.